The molecule has 2 aliphatic rings. The van der Waals surface area contributed by atoms with Gasteiger partial charge in [0.05, 0.1) is 0 Å². The van der Waals surface area contributed by atoms with Gasteiger partial charge in [-0.15, -0.1) is 24.0 Å². The highest BCUT2D eigenvalue weighted by molar-refractivity contribution is 14.0. The van der Waals surface area contributed by atoms with Crippen LogP contribution in [0.1, 0.15) is 44.6 Å². The quantitative estimate of drug-likeness (QED) is 0.326. The summed E-state index contributed by atoms with van der Waals surface area (Å²) in [5.41, 5.74) is 1.33. The minimum atomic E-state index is 0. The molecule has 0 radical (unpaired) electrons. The fourth-order valence-electron chi connectivity index (χ4n) is 4.02. The molecule has 7 heteroatoms. The molecule has 0 spiro atoms. The van der Waals surface area contributed by atoms with E-state index in [1.54, 1.807) is 0 Å². The van der Waals surface area contributed by atoms with Crippen molar-refractivity contribution in [1.29, 1.82) is 0 Å². The highest BCUT2D eigenvalue weighted by atomic mass is 127. The Morgan fingerprint density at radius 3 is 2.37 bits per heavy atom. The lowest BCUT2D eigenvalue weighted by Gasteiger charge is -2.38. The van der Waals surface area contributed by atoms with Crippen LogP contribution in [0.3, 0.4) is 0 Å². The highest BCUT2D eigenvalue weighted by Crippen LogP contribution is 2.28. The summed E-state index contributed by atoms with van der Waals surface area (Å²) in [6, 6.07) is 10.9. The van der Waals surface area contributed by atoms with Gasteiger partial charge < -0.3 is 15.5 Å². The van der Waals surface area contributed by atoms with Crippen LogP contribution < -0.4 is 10.6 Å². The zero-order valence-electron chi connectivity index (χ0n) is 18.6. The topological polar surface area (TPSA) is 60.0 Å². The smallest absolute Gasteiger partial charge is 0.225 e. The van der Waals surface area contributed by atoms with Crippen molar-refractivity contribution < 1.29 is 4.79 Å². The Balaban J connectivity index is 0.00000320. The van der Waals surface area contributed by atoms with E-state index in [4.69, 9.17) is 0 Å². The number of nitrogens with zero attached hydrogens (tertiary/aromatic N) is 3. The molecule has 1 saturated carbocycles. The van der Waals surface area contributed by atoms with E-state index < -0.39 is 0 Å². The molecule has 2 N–H and O–H groups in total. The summed E-state index contributed by atoms with van der Waals surface area (Å²) < 4.78 is 0. The largest absolute Gasteiger partial charge is 0.355 e. The van der Waals surface area contributed by atoms with Gasteiger partial charge in [0.2, 0.25) is 5.91 Å². The maximum Gasteiger partial charge on any atom is 0.225 e. The molecule has 0 aromatic heterocycles. The van der Waals surface area contributed by atoms with E-state index in [0.29, 0.717) is 17.7 Å². The van der Waals surface area contributed by atoms with Gasteiger partial charge in [0.15, 0.2) is 5.96 Å². The summed E-state index contributed by atoms with van der Waals surface area (Å²) in [6.45, 7) is 9.92. The SMILES string of the molecule is CN=C(NCCN1CCN(C(=O)C2CCC2)CC1)NC(C)C(C)c1ccccc1.I. The number of guanidine groups is 1. The fraction of sp³-hybridized carbons (Fsp3) is 0.652. The summed E-state index contributed by atoms with van der Waals surface area (Å²) >= 11 is 0. The standard InChI is InChI=1S/C23H37N5O.HI/c1-18(20-8-5-4-6-9-20)19(2)26-23(24-3)25-12-13-27-14-16-28(17-15-27)22(29)21-10-7-11-21;/h4-6,8-9,18-19,21H,7,10-17H2,1-3H3,(H2,24,25,26);1H. The normalized spacial score (nSPS) is 20.0. The number of nitrogens with one attached hydrogen (secondary N) is 2. The van der Waals surface area contributed by atoms with Crippen molar-refractivity contribution in [1.82, 2.24) is 20.4 Å². The Bertz CT molecular complexity index is 671. The third-order valence-electron chi connectivity index (χ3n) is 6.52. The number of halogens is 1. The molecule has 2 unspecified atom stereocenters. The number of hydrogen-bond acceptors (Lipinski definition) is 3. The van der Waals surface area contributed by atoms with E-state index in [2.05, 4.69) is 69.6 Å². The average molecular weight is 527 g/mol. The number of rotatable bonds is 7. The lowest BCUT2D eigenvalue weighted by Crippen LogP contribution is -2.53. The molecular formula is C23H38IN5O. The zero-order chi connectivity index (χ0) is 20.6. The number of aliphatic imine (C=N–C) groups is 1. The summed E-state index contributed by atoms with van der Waals surface area (Å²) in [4.78, 5) is 21.2. The van der Waals surface area contributed by atoms with Crippen molar-refractivity contribution >= 4 is 35.8 Å². The van der Waals surface area contributed by atoms with E-state index in [1.165, 1.54) is 12.0 Å². The Kier molecular flexibility index (Phi) is 10.4. The second kappa shape index (κ2) is 12.5. The molecule has 0 bridgehead atoms. The monoisotopic (exact) mass is 527 g/mol. The summed E-state index contributed by atoms with van der Waals surface area (Å²) in [6.07, 6.45) is 3.41. The third kappa shape index (κ3) is 6.83. The van der Waals surface area contributed by atoms with Gasteiger partial charge in [-0.3, -0.25) is 14.7 Å². The van der Waals surface area contributed by atoms with Crippen LogP contribution >= 0.6 is 24.0 Å². The van der Waals surface area contributed by atoms with Crippen molar-refractivity contribution in [2.45, 2.75) is 45.1 Å². The highest BCUT2D eigenvalue weighted by Gasteiger charge is 2.31. The number of carbonyl (C=O) groups is 1. The lowest BCUT2D eigenvalue weighted by atomic mass is 9.84. The fourth-order valence-corrected chi connectivity index (χ4v) is 4.02. The molecule has 168 valence electrons. The summed E-state index contributed by atoms with van der Waals surface area (Å²) in [5.74, 6) is 1.95. The molecule has 2 fully saturated rings. The summed E-state index contributed by atoms with van der Waals surface area (Å²) in [7, 11) is 1.82. The van der Waals surface area contributed by atoms with Crippen LogP contribution in [0, 0.1) is 5.92 Å². The van der Waals surface area contributed by atoms with Gasteiger partial charge in [0.1, 0.15) is 0 Å². The van der Waals surface area contributed by atoms with Gasteiger partial charge in [0, 0.05) is 64.2 Å². The number of carbonyl (C=O) groups excluding carboxylic acids is 1. The van der Waals surface area contributed by atoms with E-state index in [1.807, 2.05) is 7.05 Å². The average Bonchev–Trinajstić information content (AvgIpc) is 2.72. The van der Waals surface area contributed by atoms with Crippen LogP contribution in [0.15, 0.2) is 35.3 Å². The third-order valence-corrected chi connectivity index (χ3v) is 6.52. The first-order valence-corrected chi connectivity index (χ1v) is 11.1. The Hall–Kier alpha value is -1.35. The molecule has 1 aromatic rings. The van der Waals surface area contributed by atoms with Crippen LogP contribution in [0.25, 0.3) is 0 Å². The van der Waals surface area contributed by atoms with Gasteiger partial charge in [-0.2, -0.15) is 0 Å². The molecule has 1 saturated heterocycles. The molecule has 1 aliphatic heterocycles. The van der Waals surface area contributed by atoms with Gasteiger partial charge in [-0.25, -0.2) is 0 Å². The van der Waals surface area contributed by atoms with Crippen LogP contribution in [-0.4, -0.2) is 74.0 Å². The van der Waals surface area contributed by atoms with Gasteiger partial charge in [-0.05, 0) is 25.3 Å². The second-order valence-electron chi connectivity index (χ2n) is 8.43. The molecule has 30 heavy (non-hydrogen) atoms. The molecular weight excluding hydrogens is 489 g/mol. The molecule has 1 heterocycles. The maximum absolute atomic E-state index is 12.4. The second-order valence-corrected chi connectivity index (χ2v) is 8.43. The van der Waals surface area contributed by atoms with Gasteiger partial charge >= 0.3 is 0 Å². The van der Waals surface area contributed by atoms with Crippen molar-refractivity contribution in [3.05, 3.63) is 35.9 Å². The first-order valence-electron chi connectivity index (χ1n) is 11.1. The van der Waals surface area contributed by atoms with Gasteiger partial charge in [0.25, 0.3) is 0 Å². The van der Waals surface area contributed by atoms with Crippen molar-refractivity contribution in [2.75, 3.05) is 46.3 Å². The van der Waals surface area contributed by atoms with Gasteiger partial charge in [-0.1, -0.05) is 43.7 Å². The van der Waals surface area contributed by atoms with Crippen molar-refractivity contribution in [2.24, 2.45) is 10.9 Å². The Labute approximate surface area is 198 Å². The Morgan fingerprint density at radius 1 is 1.13 bits per heavy atom. The molecule has 1 aliphatic carbocycles. The zero-order valence-corrected chi connectivity index (χ0v) is 21.0. The molecule has 2 atom stereocenters. The Morgan fingerprint density at radius 2 is 1.80 bits per heavy atom. The van der Waals surface area contributed by atoms with E-state index >= 15 is 0 Å². The lowest BCUT2D eigenvalue weighted by molar-refractivity contribution is -0.139. The van der Waals surface area contributed by atoms with Crippen LogP contribution in [0.2, 0.25) is 0 Å². The van der Waals surface area contributed by atoms with Crippen LogP contribution in [0.5, 0.6) is 0 Å². The molecule has 6 nitrogen and oxygen atoms in total. The van der Waals surface area contributed by atoms with Crippen molar-refractivity contribution in [3.8, 4) is 0 Å². The molecule has 1 aromatic carbocycles. The van der Waals surface area contributed by atoms with Crippen LogP contribution in [-0.2, 0) is 4.79 Å². The number of hydrogen-bond donors (Lipinski definition) is 2. The first kappa shape index (κ1) is 24.9. The predicted octanol–water partition coefficient (Wildman–Crippen LogP) is 2.91. The van der Waals surface area contributed by atoms with E-state index in [9.17, 15) is 4.79 Å². The minimum absolute atomic E-state index is 0. The van der Waals surface area contributed by atoms with E-state index in [0.717, 1.165) is 58.1 Å². The predicted molar refractivity (Wildman–Crippen MR) is 135 cm³/mol. The minimum Gasteiger partial charge on any atom is -0.355 e. The summed E-state index contributed by atoms with van der Waals surface area (Å²) in [5, 5.41) is 6.96. The maximum atomic E-state index is 12.4. The number of piperazine rings is 1. The number of benzene rings is 1. The van der Waals surface area contributed by atoms with Crippen molar-refractivity contribution in [3.63, 3.8) is 0 Å². The molecule has 1 amide bonds. The molecule has 3 rings (SSSR count). The van der Waals surface area contributed by atoms with Crippen LogP contribution in [0.4, 0.5) is 0 Å². The first-order chi connectivity index (χ1) is 14.1. The number of amides is 1. The van der Waals surface area contributed by atoms with E-state index in [-0.39, 0.29) is 30.0 Å².